The van der Waals surface area contributed by atoms with E-state index in [0.717, 1.165) is 5.56 Å². The zero-order valence-corrected chi connectivity index (χ0v) is 12.0. The molecule has 3 atom stereocenters. The van der Waals surface area contributed by atoms with Crippen molar-refractivity contribution in [2.45, 2.75) is 32.5 Å². The van der Waals surface area contributed by atoms with Gasteiger partial charge in [-0.1, -0.05) is 30.3 Å². The average Bonchev–Trinajstić information content (AvgIpc) is 2.44. The smallest absolute Gasteiger partial charge is 0.240 e. The SMILES string of the molecule is CC1CN(C(=O)C(C#N)Cc2ccccc2)CC(C)O1. The first-order valence-corrected chi connectivity index (χ1v) is 6.98. The molecule has 3 unspecified atom stereocenters. The van der Waals surface area contributed by atoms with Gasteiger partial charge in [0.1, 0.15) is 5.92 Å². The van der Waals surface area contributed by atoms with Crippen LogP contribution >= 0.6 is 0 Å². The lowest BCUT2D eigenvalue weighted by Crippen LogP contribution is -2.50. The number of rotatable bonds is 3. The van der Waals surface area contributed by atoms with E-state index in [9.17, 15) is 10.1 Å². The van der Waals surface area contributed by atoms with Gasteiger partial charge in [-0.2, -0.15) is 5.26 Å². The van der Waals surface area contributed by atoms with Crippen LogP contribution in [0.15, 0.2) is 30.3 Å². The van der Waals surface area contributed by atoms with Crippen molar-refractivity contribution < 1.29 is 9.53 Å². The van der Waals surface area contributed by atoms with Crippen molar-refractivity contribution in [2.75, 3.05) is 13.1 Å². The van der Waals surface area contributed by atoms with Crippen molar-refractivity contribution in [2.24, 2.45) is 5.92 Å². The normalized spacial score (nSPS) is 23.9. The Morgan fingerprint density at radius 3 is 2.50 bits per heavy atom. The van der Waals surface area contributed by atoms with Gasteiger partial charge in [0.05, 0.1) is 18.3 Å². The zero-order chi connectivity index (χ0) is 14.5. The van der Waals surface area contributed by atoms with Crippen molar-refractivity contribution in [1.82, 2.24) is 4.90 Å². The number of nitrogens with zero attached hydrogens (tertiary/aromatic N) is 2. The van der Waals surface area contributed by atoms with Gasteiger partial charge >= 0.3 is 0 Å². The molecule has 20 heavy (non-hydrogen) atoms. The minimum Gasteiger partial charge on any atom is -0.372 e. The highest BCUT2D eigenvalue weighted by Crippen LogP contribution is 2.16. The Bertz CT molecular complexity index is 485. The van der Waals surface area contributed by atoms with Crippen molar-refractivity contribution >= 4 is 5.91 Å². The molecule has 1 amide bonds. The fourth-order valence-electron chi connectivity index (χ4n) is 2.62. The molecule has 0 aliphatic carbocycles. The largest absolute Gasteiger partial charge is 0.372 e. The number of amides is 1. The number of carbonyl (C=O) groups is 1. The van der Waals surface area contributed by atoms with Crippen LogP contribution in [0.25, 0.3) is 0 Å². The predicted molar refractivity (Wildman–Crippen MR) is 75.8 cm³/mol. The lowest BCUT2D eigenvalue weighted by Gasteiger charge is -2.36. The van der Waals surface area contributed by atoms with Gasteiger partial charge in [0.2, 0.25) is 5.91 Å². The van der Waals surface area contributed by atoms with E-state index >= 15 is 0 Å². The molecular formula is C16H20N2O2. The maximum atomic E-state index is 12.5. The van der Waals surface area contributed by atoms with Crippen LogP contribution < -0.4 is 0 Å². The first kappa shape index (κ1) is 14.5. The molecule has 1 aromatic carbocycles. The quantitative estimate of drug-likeness (QED) is 0.845. The molecule has 0 spiro atoms. The minimum absolute atomic E-state index is 0.0266. The first-order valence-electron chi connectivity index (χ1n) is 6.98. The van der Waals surface area contributed by atoms with Crippen LogP contribution in [0.2, 0.25) is 0 Å². The number of hydrogen-bond acceptors (Lipinski definition) is 3. The Kier molecular flexibility index (Phi) is 4.75. The standard InChI is InChI=1S/C16H20N2O2/c1-12-10-18(11-13(2)20-12)16(19)15(9-17)8-14-6-4-3-5-7-14/h3-7,12-13,15H,8,10-11H2,1-2H3. The van der Waals surface area contributed by atoms with Gasteiger partial charge in [-0.3, -0.25) is 4.79 Å². The van der Waals surface area contributed by atoms with Crippen molar-refractivity contribution in [3.63, 3.8) is 0 Å². The molecule has 1 fully saturated rings. The molecule has 4 nitrogen and oxygen atoms in total. The van der Waals surface area contributed by atoms with E-state index in [1.807, 2.05) is 44.2 Å². The second-order valence-electron chi connectivity index (χ2n) is 5.37. The van der Waals surface area contributed by atoms with Crippen LogP contribution in [-0.4, -0.2) is 36.1 Å². The molecule has 1 aromatic rings. The number of nitriles is 1. The van der Waals surface area contributed by atoms with Crippen LogP contribution in [0.1, 0.15) is 19.4 Å². The molecule has 1 aliphatic heterocycles. The number of morpholine rings is 1. The van der Waals surface area contributed by atoms with Crippen LogP contribution in [-0.2, 0) is 16.0 Å². The summed E-state index contributed by atoms with van der Waals surface area (Å²) in [6.07, 6.45) is 0.522. The third kappa shape index (κ3) is 3.58. The molecule has 0 aromatic heterocycles. The number of ether oxygens (including phenoxy) is 1. The predicted octanol–water partition coefficient (Wildman–Crippen LogP) is 2.00. The minimum atomic E-state index is -0.616. The van der Waals surface area contributed by atoms with E-state index in [2.05, 4.69) is 6.07 Å². The topological polar surface area (TPSA) is 53.3 Å². The second-order valence-corrected chi connectivity index (χ2v) is 5.37. The summed E-state index contributed by atoms with van der Waals surface area (Å²) in [6, 6.07) is 11.8. The summed E-state index contributed by atoms with van der Waals surface area (Å²) in [7, 11) is 0. The lowest BCUT2D eigenvalue weighted by atomic mass is 9.98. The molecule has 1 aliphatic rings. The van der Waals surface area contributed by atoms with E-state index in [4.69, 9.17) is 4.74 Å². The van der Waals surface area contributed by atoms with Crippen molar-refractivity contribution in [1.29, 1.82) is 5.26 Å². The molecule has 0 saturated carbocycles. The Hall–Kier alpha value is -1.86. The van der Waals surface area contributed by atoms with Crippen LogP contribution in [0.3, 0.4) is 0 Å². The van der Waals surface area contributed by atoms with Crippen molar-refractivity contribution in [3.05, 3.63) is 35.9 Å². The van der Waals surface area contributed by atoms with E-state index in [1.54, 1.807) is 4.90 Å². The summed E-state index contributed by atoms with van der Waals surface area (Å²) >= 11 is 0. The molecule has 106 valence electrons. The summed E-state index contributed by atoms with van der Waals surface area (Å²) in [5.74, 6) is -0.701. The molecule has 4 heteroatoms. The van der Waals surface area contributed by atoms with Gasteiger partial charge in [0.25, 0.3) is 0 Å². The molecule has 1 saturated heterocycles. The van der Waals surface area contributed by atoms with Crippen LogP contribution in [0.4, 0.5) is 0 Å². The lowest BCUT2D eigenvalue weighted by molar-refractivity contribution is -0.145. The van der Waals surface area contributed by atoms with Gasteiger partial charge in [-0.15, -0.1) is 0 Å². The fraction of sp³-hybridized carbons (Fsp3) is 0.500. The summed E-state index contributed by atoms with van der Waals surface area (Å²) in [6.45, 7) is 5.04. The Morgan fingerprint density at radius 2 is 1.95 bits per heavy atom. The first-order chi connectivity index (χ1) is 9.60. The highest BCUT2D eigenvalue weighted by atomic mass is 16.5. The summed E-state index contributed by atoms with van der Waals surface area (Å²) in [5, 5.41) is 9.29. The van der Waals surface area contributed by atoms with Gasteiger partial charge in [0.15, 0.2) is 0 Å². The molecule has 2 rings (SSSR count). The number of benzene rings is 1. The highest BCUT2D eigenvalue weighted by molar-refractivity contribution is 5.81. The average molecular weight is 272 g/mol. The zero-order valence-electron chi connectivity index (χ0n) is 12.0. The van der Waals surface area contributed by atoms with Crippen molar-refractivity contribution in [3.8, 4) is 6.07 Å². The molecular weight excluding hydrogens is 252 g/mol. The summed E-state index contributed by atoms with van der Waals surface area (Å²) < 4.78 is 5.62. The Morgan fingerprint density at radius 1 is 1.35 bits per heavy atom. The third-order valence-corrected chi connectivity index (χ3v) is 3.47. The van der Waals surface area contributed by atoms with E-state index in [0.29, 0.717) is 19.5 Å². The molecule has 1 heterocycles. The summed E-state index contributed by atoms with van der Waals surface area (Å²) in [5.41, 5.74) is 1.02. The highest BCUT2D eigenvalue weighted by Gasteiger charge is 2.30. The monoisotopic (exact) mass is 272 g/mol. The maximum Gasteiger partial charge on any atom is 0.240 e. The molecule has 0 bridgehead atoms. The molecule has 0 N–H and O–H groups in total. The van der Waals surface area contributed by atoms with E-state index < -0.39 is 5.92 Å². The van der Waals surface area contributed by atoms with E-state index in [1.165, 1.54) is 0 Å². The third-order valence-electron chi connectivity index (χ3n) is 3.47. The Labute approximate surface area is 120 Å². The van der Waals surface area contributed by atoms with Crippen LogP contribution in [0.5, 0.6) is 0 Å². The van der Waals surface area contributed by atoms with Gasteiger partial charge in [0, 0.05) is 13.1 Å². The van der Waals surface area contributed by atoms with E-state index in [-0.39, 0.29) is 18.1 Å². The molecule has 0 radical (unpaired) electrons. The van der Waals surface area contributed by atoms with Gasteiger partial charge in [-0.05, 0) is 25.8 Å². The number of hydrogen-bond donors (Lipinski definition) is 0. The van der Waals surface area contributed by atoms with Crippen LogP contribution in [0, 0.1) is 17.2 Å². The summed E-state index contributed by atoms with van der Waals surface area (Å²) in [4.78, 5) is 14.2. The second kappa shape index (κ2) is 6.53. The maximum absolute atomic E-state index is 12.5. The van der Waals surface area contributed by atoms with Gasteiger partial charge < -0.3 is 9.64 Å². The fourth-order valence-corrected chi connectivity index (χ4v) is 2.62. The van der Waals surface area contributed by atoms with Gasteiger partial charge in [-0.25, -0.2) is 0 Å². The number of carbonyl (C=O) groups excluding carboxylic acids is 1. The Balaban J connectivity index is 2.04.